The number of nitrogens with one attached hydrogen (secondary N) is 1. The molecule has 1 N–H and O–H groups in total. The van der Waals surface area contributed by atoms with Gasteiger partial charge in [-0.25, -0.2) is 0 Å². The standard InChI is InChI=1S/C23H30N2O2S/c1-4-14-24-23(27)21(5-2)25(16-19-11-9-10-18(3)15-19)22(26)17-28-20-12-7-6-8-13-20/h6-13,15,21H,4-5,14,16-17H2,1-3H3,(H,24,27)/t21-/m0/s1. The Morgan fingerprint density at radius 2 is 1.82 bits per heavy atom. The predicted octanol–water partition coefficient (Wildman–Crippen LogP) is 4.42. The first-order chi connectivity index (χ1) is 13.5. The second kappa shape index (κ2) is 11.5. The van der Waals surface area contributed by atoms with Crippen molar-refractivity contribution in [2.24, 2.45) is 0 Å². The maximum atomic E-state index is 13.1. The van der Waals surface area contributed by atoms with E-state index in [0.717, 1.165) is 22.4 Å². The Morgan fingerprint density at radius 3 is 2.46 bits per heavy atom. The van der Waals surface area contributed by atoms with Gasteiger partial charge in [0.05, 0.1) is 5.75 Å². The van der Waals surface area contributed by atoms with E-state index < -0.39 is 6.04 Å². The first-order valence-corrected chi connectivity index (χ1v) is 10.8. The number of carbonyl (C=O) groups is 2. The zero-order chi connectivity index (χ0) is 20.4. The van der Waals surface area contributed by atoms with E-state index in [1.165, 1.54) is 11.8 Å². The van der Waals surface area contributed by atoms with Crippen LogP contribution in [0.2, 0.25) is 0 Å². The highest BCUT2D eigenvalue weighted by atomic mass is 32.2. The first kappa shape index (κ1) is 22.0. The SMILES string of the molecule is CCCNC(=O)[C@H](CC)N(Cc1cccc(C)c1)C(=O)CSc1ccccc1. The Hall–Kier alpha value is -2.27. The van der Waals surface area contributed by atoms with Crippen LogP contribution < -0.4 is 5.32 Å². The lowest BCUT2D eigenvalue weighted by atomic mass is 10.1. The maximum Gasteiger partial charge on any atom is 0.242 e. The molecule has 2 amide bonds. The van der Waals surface area contributed by atoms with Crippen molar-refractivity contribution in [1.82, 2.24) is 10.2 Å². The minimum absolute atomic E-state index is 0.0196. The molecule has 2 aromatic carbocycles. The van der Waals surface area contributed by atoms with E-state index in [-0.39, 0.29) is 11.8 Å². The van der Waals surface area contributed by atoms with Gasteiger partial charge in [0, 0.05) is 18.0 Å². The van der Waals surface area contributed by atoms with Crippen LogP contribution in [0, 0.1) is 6.92 Å². The molecule has 0 aliphatic rings. The summed E-state index contributed by atoms with van der Waals surface area (Å²) >= 11 is 1.51. The molecule has 0 bridgehead atoms. The Balaban J connectivity index is 2.17. The maximum absolute atomic E-state index is 13.1. The summed E-state index contributed by atoms with van der Waals surface area (Å²) in [6, 6.07) is 17.5. The van der Waals surface area contributed by atoms with Crippen LogP contribution in [0.1, 0.15) is 37.8 Å². The fourth-order valence-electron chi connectivity index (χ4n) is 3.04. The summed E-state index contributed by atoms with van der Waals surface area (Å²) in [5, 5.41) is 2.95. The summed E-state index contributed by atoms with van der Waals surface area (Å²) < 4.78 is 0. The van der Waals surface area contributed by atoms with Gasteiger partial charge >= 0.3 is 0 Å². The number of hydrogen-bond donors (Lipinski definition) is 1. The number of nitrogens with zero attached hydrogens (tertiary/aromatic N) is 1. The Labute approximate surface area is 172 Å². The van der Waals surface area contributed by atoms with E-state index >= 15 is 0 Å². The lowest BCUT2D eigenvalue weighted by Crippen LogP contribution is -2.49. The van der Waals surface area contributed by atoms with Crippen LogP contribution in [0.3, 0.4) is 0 Å². The van der Waals surface area contributed by atoms with Gasteiger partial charge in [-0.15, -0.1) is 11.8 Å². The van der Waals surface area contributed by atoms with Crippen molar-refractivity contribution in [2.45, 2.75) is 51.1 Å². The number of thioether (sulfide) groups is 1. The minimum Gasteiger partial charge on any atom is -0.354 e. The van der Waals surface area contributed by atoms with Crippen molar-refractivity contribution >= 4 is 23.6 Å². The van der Waals surface area contributed by atoms with Crippen molar-refractivity contribution in [3.63, 3.8) is 0 Å². The number of benzene rings is 2. The number of aryl methyl sites for hydroxylation is 1. The molecule has 0 heterocycles. The lowest BCUT2D eigenvalue weighted by molar-refractivity contribution is -0.139. The normalized spacial score (nSPS) is 11.7. The molecule has 0 aliphatic heterocycles. The van der Waals surface area contributed by atoms with Crippen molar-refractivity contribution in [3.8, 4) is 0 Å². The average Bonchev–Trinajstić information content (AvgIpc) is 2.71. The molecule has 2 aromatic rings. The molecule has 0 saturated carbocycles. The summed E-state index contributed by atoms with van der Waals surface area (Å²) in [6.07, 6.45) is 1.46. The van der Waals surface area contributed by atoms with E-state index in [1.54, 1.807) is 4.90 Å². The number of hydrogen-bond acceptors (Lipinski definition) is 3. The lowest BCUT2D eigenvalue weighted by Gasteiger charge is -2.30. The topological polar surface area (TPSA) is 49.4 Å². The fraction of sp³-hybridized carbons (Fsp3) is 0.391. The molecule has 0 spiro atoms. The van der Waals surface area contributed by atoms with Crippen LogP contribution in [-0.4, -0.2) is 35.1 Å². The zero-order valence-corrected chi connectivity index (χ0v) is 17.8. The molecular weight excluding hydrogens is 368 g/mol. The quantitative estimate of drug-likeness (QED) is 0.603. The zero-order valence-electron chi connectivity index (χ0n) is 17.0. The second-order valence-corrected chi connectivity index (χ2v) is 7.88. The van der Waals surface area contributed by atoms with Crippen molar-refractivity contribution in [2.75, 3.05) is 12.3 Å². The van der Waals surface area contributed by atoms with Crippen molar-refractivity contribution < 1.29 is 9.59 Å². The molecule has 0 aliphatic carbocycles. The number of amides is 2. The Morgan fingerprint density at radius 1 is 1.07 bits per heavy atom. The molecule has 0 aromatic heterocycles. The number of carbonyl (C=O) groups excluding carboxylic acids is 2. The largest absolute Gasteiger partial charge is 0.354 e. The van der Waals surface area contributed by atoms with Gasteiger partial charge in [0.1, 0.15) is 6.04 Å². The van der Waals surface area contributed by atoms with E-state index in [0.29, 0.717) is 25.3 Å². The molecule has 0 radical (unpaired) electrons. The van der Waals surface area contributed by atoms with Crippen molar-refractivity contribution in [1.29, 1.82) is 0 Å². The second-order valence-electron chi connectivity index (χ2n) is 6.83. The molecule has 4 nitrogen and oxygen atoms in total. The van der Waals surface area contributed by atoms with Gasteiger partial charge in [-0.3, -0.25) is 9.59 Å². The van der Waals surface area contributed by atoms with E-state index in [1.807, 2.05) is 69.3 Å². The molecule has 5 heteroatoms. The van der Waals surface area contributed by atoms with E-state index in [9.17, 15) is 9.59 Å². The van der Waals surface area contributed by atoms with Crippen LogP contribution in [0.4, 0.5) is 0 Å². The van der Waals surface area contributed by atoms with Gasteiger partial charge in [-0.05, 0) is 37.5 Å². The molecule has 150 valence electrons. The summed E-state index contributed by atoms with van der Waals surface area (Å²) in [4.78, 5) is 28.6. The smallest absolute Gasteiger partial charge is 0.242 e. The Kier molecular flexibility index (Phi) is 9.08. The van der Waals surface area contributed by atoms with Gasteiger partial charge in [0.15, 0.2) is 0 Å². The number of rotatable bonds is 10. The highest BCUT2D eigenvalue weighted by Gasteiger charge is 2.28. The van der Waals surface area contributed by atoms with Crippen molar-refractivity contribution in [3.05, 3.63) is 65.7 Å². The van der Waals surface area contributed by atoms with Crippen LogP contribution >= 0.6 is 11.8 Å². The third kappa shape index (κ3) is 6.71. The van der Waals surface area contributed by atoms with Gasteiger partial charge < -0.3 is 10.2 Å². The highest BCUT2D eigenvalue weighted by molar-refractivity contribution is 8.00. The van der Waals surface area contributed by atoms with Crippen LogP contribution in [0.5, 0.6) is 0 Å². The molecule has 2 rings (SSSR count). The summed E-state index contributed by atoms with van der Waals surface area (Å²) in [5.74, 6) is 0.219. The summed E-state index contributed by atoms with van der Waals surface area (Å²) in [6.45, 7) is 7.07. The average molecular weight is 399 g/mol. The predicted molar refractivity (Wildman–Crippen MR) is 116 cm³/mol. The van der Waals surface area contributed by atoms with Crippen LogP contribution in [0.15, 0.2) is 59.5 Å². The van der Waals surface area contributed by atoms with Gasteiger partial charge in [-0.2, -0.15) is 0 Å². The molecule has 0 saturated heterocycles. The van der Waals surface area contributed by atoms with Gasteiger partial charge in [0.25, 0.3) is 0 Å². The van der Waals surface area contributed by atoms with Crippen LogP contribution in [0.25, 0.3) is 0 Å². The molecule has 0 fully saturated rings. The molecule has 0 unspecified atom stereocenters. The molecule has 1 atom stereocenters. The summed E-state index contributed by atoms with van der Waals surface area (Å²) in [5.41, 5.74) is 2.19. The Bertz CT molecular complexity index is 764. The van der Waals surface area contributed by atoms with E-state index in [4.69, 9.17) is 0 Å². The highest BCUT2D eigenvalue weighted by Crippen LogP contribution is 2.20. The van der Waals surface area contributed by atoms with Gasteiger partial charge in [0.2, 0.25) is 11.8 Å². The van der Waals surface area contributed by atoms with Crippen LogP contribution in [-0.2, 0) is 16.1 Å². The fourth-order valence-corrected chi connectivity index (χ4v) is 3.84. The monoisotopic (exact) mass is 398 g/mol. The van der Waals surface area contributed by atoms with E-state index in [2.05, 4.69) is 11.4 Å². The molecule has 28 heavy (non-hydrogen) atoms. The van der Waals surface area contributed by atoms with Gasteiger partial charge in [-0.1, -0.05) is 61.9 Å². The first-order valence-electron chi connectivity index (χ1n) is 9.85. The minimum atomic E-state index is -0.462. The summed E-state index contributed by atoms with van der Waals surface area (Å²) in [7, 11) is 0. The molecular formula is C23H30N2O2S. The third-order valence-corrected chi connectivity index (χ3v) is 5.47. The third-order valence-electron chi connectivity index (χ3n) is 4.48.